The van der Waals surface area contributed by atoms with Gasteiger partial charge in [-0.3, -0.25) is 19.9 Å². The molecule has 0 spiro atoms. The molecule has 0 radical (unpaired) electrons. The molecular formula is C29H34F2N4O5. The van der Waals surface area contributed by atoms with E-state index < -0.39 is 41.2 Å². The second kappa shape index (κ2) is 9.81. The van der Waals surface area contributed by atoms with Crippen molar-refractivity contribution in [2.24, 2.45) is 0 Å². The molecule has 2 heterocycles. The van der Waals surface area contributed by atoms with Crippen molar-refractivity contribution in [3.05, 3.63) is 64.7 Å². The van der Waals surface area contributed by atoms with Crippen molar-refractivity contribution in [2.45, 2.75) is 75.3 Å². The van der Waals surface area contributed by atoms with Crippen molar-refractivity contribution in [3.63, 3.8) is 0 Å². The summed E-state index contributed by atoms with van der Waals surface area (Å²) in [5.74, 6) is -4.08. The van der Waals surface area contributed by atoms with E-state index in [9.17, 15) is 23.5 Å². The van der Waals surface area contributed by atoms with Crippen LogP contribution in [0.3, 0.4) is 0 Å². The van der Waals surface area contributed by atoms with Crippen LogP contribution >= 0.6 is 0 Å². The van der Waals surface area contributed by atoms with Crippen LogP contribution in [0, 0.1) is 5.41 Å². The Labute approximate surface area is 231 Å². The van der Waals surface area contributed by atoms with Gasteiger partial charge in [0.05, 0.1) is 19.1 Å². The summed E-state index contributed by atoms with van der Waals surface area (Å²) in [4.78, 5) is 28.3. The number of nitrogens with one attached hydrogen (secondary N) is 3. The molecule has 3 aliphatic rings. The second-order valence-electron chi connectivity index (χ2n) is 11.0. The number of carbonyl (C=O) groups is 2. The van der Waals surface area contributed by atoms with Crippen molar-refractivity contribution < 1.29 is 33.0 Å². The Hall–Kier alpha value is -3.57. The fraction of sp³-hybridized carbons (Fsp3) is 0.483. The predicted octanol–water partition coefficient (Wildman–Crippen LogP) is 3.78. The van der Waals surface area contributed by atoms with Crippen molar-refractivity contribution in [2.75, 3.05) is 13.7 Å². The first kappa shape index (κ1) is 28.0. The first-order chi connectivity index (χ1) is 18.9. The third-order valence-corrected chi connectivity index (χ3v) is 8.54. The standard InChI is InChI=1S/C29H34F2N4O5/c1-5-28(6-2)14-21(36)35(26(32)34-28)23-18-13-16(11-12-20(18)40-27(23,3)15-39-4)25(38)33-22-17-9-7-8-10-19(17)29(30,31)24(22)37/h7-13,22-24,37H,5-6,14-15H2,1-4H3,(H2,32,34)(H,33,38)/t22-,23+,24+,27+/m1/s1. The lowest BCUT2D eigenvalue weighted by Crippen LogP contribution is -2.65. The number of aliphatic hydroxyl groups excluding tert-OH is 1. The molecule has 5 rings (SSSR count). The molecule has 0 unspecified atom stereocenters. The van der Waals surface area contributed by atoms with Gasteiger partial charge in [0.1, 0.15) is 17.9 Å². The highest BCUT2D eigenvalue weighted by Crippen LogP contribution is 2.49. The van der Waals surface area contributed by atoms with Crippen molar-refractivity contribution in [1.82, 2.24) is 15.5 Å². The molecule has 0 aromatic heterocycles. The first-order valence-corrected chi connectivity index (χ1v) is 13.4. The molecule has 11 heteroatoms. The van der Waals surface area contributed by atoms with E-state index in [0.29, 0.717) is 24.2 Å². The minimum Gasteiger partial charge on any atom is -0.482 e. The van der Waals surface area contributed by atoms with E-state index in [4.69, 9.17) is 14.9 Å². The third kappa shape index (κ3) is 4.23. The molecule has 4 N–H and O–H groups in total. The molecule has 40 heavy (non-hydrogen) atoms. The Bertz CT molecular complexity index is 1340. The van der Waals surface area contributed by atoms with E-state index in [1.54, 1.807) is 25.1 Å². The molecule has 4 atom stereocenters. The molecule has 1 aliphatic carbocycles. The Balaban J connectivity index is 1.48. The van der Waals surface area contributed by atoms with Gasteiger partial charge in [-0.05, 0) is 43.5 Å². The number of methoxy groups -OCH3 is 1. The fourth-order valence-corrected chi connectivity index (χ4v) is 6.24. The Morgan fingerprint density at radius 1 is 1.23 bits per heavy atom. The highest BCUT2D eigenvalue weighted by molar-refractivity contribution is 6.00. The van der Waals surface area contributed by atoms with E-state index >= 15 is 0 Å². The summed E-state index contributed by atoms with van der Waals surface area (Å²) < 4.78 is 41.1. The topological polar surface area (TPSA) is 124 Å². The molecule has 2 aromatic carbocycles. The lowest BCUT2D eigenvalue weighted by molar-refractivity contribution is -0.137. The minimum atomic E-state index is -3.51. The van der Waals surface area contributed by atoms with Gasteiger partial charge in [-0.1, -0.05) is 38.1 Å². The third-order valence-electron chi connectivity index (χ3n) is 8.54. The number of ether oxygens (including phenoxy) is 2. The van der Waals surface area contributed by atoms with Gasteiger partial charge >= 0.3 is 5.92 Å². The van der Waals surface area contributed by atoms with Gasteiger partial charge < -0.3 is 25.2 Å². The first-order valence-electron chi connectivity index (χ1n) is 13.4. The molecule has 1 fully saturated rings. The van der Waals surface area contributed by atoms with Crippen LogP contribution in [0.25, 0.3) is 0 Å². The Morgan fingerprint density at radius 2 is 1.93 bits per heavy atom. The zero-order chi connectivity index (χ0) is 29.0. The minimum absolute atomic E-state index is 0.0634. The number of benzene rings is 2. The predicted molar refractivity (Wildman–Crippen MR) is 142 cm³/mol. The summed E-state index contributed by atoms with van der Waals surface area (Å²) in [6.07, 6.45) is -0.611. The lowest BCUT2D eigenvalue weighted by atomic mass is 9.84. The normalized spacial score (nSPS) is 28.0. The van der Waals surface area contributed by atoms with E-state index in [1.165, 1.54) is 36.3 Å². The number of alkyl halides is 2. The number of halogens is 2. The van der Waals surface area contributed by atoms with Crippen LogP contribution in [-0.4, -0.2) is 58.7 Å². The number of amides is 2. The quantitative estimate of drug-likeness (QED) is 0.412. The number of aliphatic hydroxyl groups is 1. The monoisotopic (exact) mass is 556 g/mol. The summed E-state index contributed by atoms with van der Waals surface area (Å²) in [5, 5.41) is 25.0. The number of fused-ring (bicyclic) bond motifs is 2. The van der Waals surface area contributed by atoms with Gasteiger partial charge in [-0.25, -0.2) is 0 Å². The van der Waals surface area contributed by atoms with Gasteiger partial charge in [-0.2, -0.15) is 8.78 Å². The smallest absolute Gasteiger partial charge is 0.301 e. The van der Waals surface area contributed by atoms with Crippen LogP contribution in [-0.2, 0) is 15.5 Å². The highest BCUT2D eigenvalue weighted by Gasteiger charge is 2.55. The maximum atomic E-state index is 14.7. The van der Waals surface area contributed by atoms with Crippen molar-refractivity contribution in [3.8, 4) is 5.75 Å². The van der Waals surface area contributed by atoms with Gasteiger partial charge in [0, 0.05) is 29.3 Å². The zero-order valence-corrected chi connectivity index (χ0v) is 22.9. The van der Waals surface area contributed by atoms with Gasteiger partial charge in [0.2, 0.25) is 5.91 Å². The average molecular weight is 557 g/mol. The Morgan fingerprint density at radius 3 is 2.58 bits per heavy atom. The fourth-order valence-electron chi connectivity index (χ4n) is 6.24. The number of guanidine groups is 1. The summed E-state index contributed by atoms with van der Waals surface area (Å²) in [7, 11) is 1.51. The molecule has 214 valence electrons. The molecule has 9 nitrogen and oxygen atoms in total. The number of hydrogen-bond donors (Lipinski definition) is 4. The Kier molecular flexibility index (Phi) is 6.86. The van der Waals surface area contributed by atoms with Crippen molar-refractivity contribution >= 4 is 17.8 Å². The maximum Gasteiger partial charge on any atom is 0.301 e. The molecule has 2 aliphatic heterocycles. The average Bonchev–Trinajstić information content (AvgIpc) is 3.31. The highest BCUT2D eigenvalue weighted by atomic mass is 19.3. The van der Waals surface area contributed by atoms with E-state index in [1.807, 2.05) is 13.8 Å². The number of carbonyl (C=O) groups excluding carboxylic acids is 2. The summed E-state index contributed by atoms with van der Waals surface area (Å²) in [5.41, 5.74) is -1.14. The zero-order valence-electron chi connectivity index (χ0n) is 22.9. The van der Waals surface area contributed by atoms with E-state index in [2.05, 4.69) is 10.6 Å². The van der Waals surface area contributed by atoms with E-state index in [-0.39, 0.29) is 41.6 Å². The van der Waals surface area contributed by atoms with Gasteiger partial charge in [0.15, 0.2) is 11.6 Å². The second-order valence-corrected chi connectivity index (χ2v) is 11.0. The lowest BCUT2D eigenvalue weighted by Gasteiger charge is -2.46. The molecule has 1 saturated heterocycles. The van der Waals surface area contributed by atoms with Gasteiger partial charge in [-0.15, -0.1) is 0 Å². The summed E-state index contributed by atoms with van der Waals surface area (Å²) >= 11 is 0. The van der Waals surface area contributed by atoms with Crippen LogP contribution in [0.2, 0.25) is 0 Å². The van der Waals surface area contributed by atoms with Crippen LogP contribution in [0.4, 0.5) is 8.78 Å². The van der Waals surface area contributed by atoms with E-state index in [0.717, 1.165) is 0 Å². The SMILES string of the molecule is CCC1(CC)CC(=O)N([C@H]2c3cc(C(=O)N[C@@H]4c5ccccc5C(F)(F)[C@H]4O)ccc3O[C@@]2(C)COC)C(=N)N1. The molecule has 2 aromatic rings. The largest absolute Gasteiger partial charge is 0.482 e. The van der Waals surface area contributed by atoms with Gasteiger partial charge in [0.25, 0.3) is 5.91 Å². The van der Waals surface area contributed by atoms with Crippen LogP contribution < -0.4 is 15.4 Å². The molecule has 0 bridgehead atoms. The molecule has 0 saturated carbocycles. The summed E-state index contributed by atoms with van der Waals surface area (Å²) in [6.45, 7) is 5.81. The van der Waals surface area contributed by atoms with Crippen LogP contribution in [0.5, 0.6) is 5.75 Å². The van der Waals surface area contributed by atoms with Crippen molar-refractivity contribution in [1.29, 1.82) is 5.41 Å². The number of rotatable bonds is 7. The van der Waals surface area contributed by atoms with Crippen LogP contribution in [0.1, 0.15) is 79.2 Å². The number of hydrogen-bond acceptors (Lipinski definition) is 6. The maximum absolute atomic E-state index is 14.7. The number of nitrogens with zero attached hydrogens (tertiary/aromatic N) is 1. The molecular weight excluding hydrogens is 522 g/mol. The summed E-state index contributed by atoms with van der Waals surface area (Å²) in [6, 6.07) is 8.25. The van der Waals surface area contributed by atoms with Crippen LogP contribution in [0.15, 0.2) is 42.5 Å². The molecule has 2 amide bonds.